The predicted octanol–water partition coefficient (Wildman–Crippen LogP) is 1.69. The molecule has 2 aromatic heterocycles. The molecular formula is C11H13N3O. The van der Waals surface area contributed by atoms with Crippen LogP contribution < -0.4 is 5.32 Å². The molecule has 15 heavy (non-hydrogen) atoms. The van der Waals surface area contributed by atoms with Gasteiger partial charge in [-0.25, -0.2) is 9.97 Å². The number of nitrogens with one attached hydrogen (secondary N) is 1. The van der Waals surface area contributed by atoms with Crippen LogP contribution in [0.4, 0.5) is 0 Å². The Morgan fingerprint density at radius 2 is 2.47 bits per heavy atom. The summed E-state index contributed by atoms with van der Waals surface area (Å²) in [6, 6.07) is 3.82. The molecule has 0 aliphatic carbocycles. The minimum atomic E-state index is 0.410. The molecule has 2 aromatic rings. The number of fused-ring (bicyclic) bond motifs is 1. The van der Waals surface area contributed by atoms with E-state index in [1.807, 2.05) is 12.1 Å². The molecule has 78 valence electrons. The van der Waals surface area contributed by atoms with E-state index in [9.17, 15) is 0 Å². The van der Waals surface area contributed by atoms with E-state index in [0.29, 0.717) is 11.6 Å². The maximum Gasteiger partial charge on any atom is 0.246 e. The van der Waals surface area contributed by atoms with Crippen molar-refractivity contribution in [2.45, 2.75) is 18.8 Å². The fraction of sp³-hybridized carbons (Fsp3) is 0.455. The zero-order valence-corrected chi connectivity index (χ0v) is 8.44. The lowest BCUT2D eigenvalue weighted by atomic mass is 10.00. The molecule has 1 saturated heterocycles. The average Bonchev–Trinajstić information content (AvgIpc) is 2.74. The zero-order chi connectivity index (χ0) is 10.1. The molecule has 1 N–H and O–H groups in total. The van der Waals surface area contributed by atoms with Crippen molar-refractivity contribution in [1.29, 1.82) is 0 Å². The molecule has 1 aliphatic heterocycles. The Labute approximate surface area is 87.7 Å². The quantitative estimate of drug-likeness (QED) is 0.766. The Bertz CT molecular complexity index is 427. The van der Waals surface area contributed by atoms with Gasteiger partial charge in [-0.15, -0.1) is 0 Å². The molecule has 0 amide bonds. The minimum Gasteiger partial charge on any atom is -0.422 e. The van der Waals surface area contributed by atoms with Gasteiger partial charge >= 0.3 is 0 Å². The first-order valence-electron chi connectivity index (χ1n) is 5.35. The van der Waals surface area contributed by atoms with Crippen molar-refractivity contribution in [2.75, 3.05) is 13.1 Å². The van der Waals surface area contributed by atoms with Crippen molar-refractivity contribution in [1.82, 2.24) is 15.3 Å². The number of oxazole rings is 1. The second-order valence-electron chi connectivity index (χ2n) is 3.92. The van der Waals surface area contributed by atoms with Crippen LogP contribution >= 0.6 is 0 Å². The molecule has 1 aliphatic rings. The standard InChI is InChI=1S/C11H13N3O/c1-3-8(7-12-5-1)10-14-9-4-2-6-13-11(9)15-10/h2,4,6,8,12H,1,3,5,7H2. The minimum absolute atomic E-state index is 0.410. The van der Waals surface area contributed by atoms with Gasteiger partial charge in [0.25, 0.3) is 0 Å². The van der Waals surface area contributed by atoms with E-state index < -0.39 is 0 Å². The maximum atomic E-state index is 5.65. The van der Waals surface area contributed by atoms with E-state index in [1.165, 1.54) is 6.42 Å². The third kappa shape index (κ3) is 1.61. The van der Waals surface area contributed by atoms with Crippen LogP contribution in [0.5, 0.6) is 0 Å². The van der Waals surface area contributed by atoms with E-state index in [0.717, 1.165) is 30.9 Å². The van der Waals surface area contributed by atoms with Crippen LogP contribution in [0.25, 0.3) is 11.2 Å². The van der Waals surface area contributed by atoms with Crippen molar-refractivity contribution >= 4 is 11.2 Å². The molecule has 0 radical (unpaired) electrons. The fourth-order valence-electron chi connectivity index (χ4n) is 2.02. The summed E-state index contributed by atoms with van der Waals surface area (Å²) in [4.78, 5) is 8.61. The third-order valence-electron chi connectivity index (χ3n) is 2.83. The van der Waals surface area contributed by atoms with Crippen molar-refractivity contribution in [3.05, 3.63) is 24.2 Å². The number of hydrogen-bond donors (Lipinski definition) is 1. The van der Waals surface area contributed by atoms with Gasteiger partial charge in [0.1, 0.15) is 5.52 Å². The van der Waals surface area contributed by atoms with E-state index in [2.05, 4.69) is 15.3 Å². The number of aromatic nitrogens is 2. The lowest BCUT2D eigenvalue weighted by molar-refractivity contribution is 0.385. The summed E-state index contributed by atoms with van der Waals surface area (Å²) in [6.45, 7) is 2.07. The highest BCUT2D eigenvalue weighted by molar-refractivity contribution is 5.67. The number of hydrogen-bond acceptors (Lipinski definition) is 4. The second-order valence-corrected chi connectivity index (χ2v) is 3.92. The van der Waals surface area contributed by atoms with Crippen molar-refractivity contribution in [3.63, 3.8) is 0 Å². The van der Waals surface area contributed by atoms with Crippen molar-refractivity contribution in [3.8, 4) is 0 Å². The molecule has 1 fully saturated rings. The lowest BCUT2D eigenvalue weighted by Gasteiger charge is -2.19. The Kier molecular flexibility index (Phi) is 2.14. The van der Waals surface area contributed by atoms with Crippen LogP contribution in [0, 0.1) is 0 Å². The Hall–Kier alpha value is -1.42. The van der Waals surface area contributed by atoms with E-state index in [-0.39, 0.29) is 0 Å². The SMILES string of the molecule is c1cnc2oc(C3CCCNC3)nc2c1. The topological polar surface area (TPSA) is 51.0 Å². The van der Waals surface area contributed by atoms with Crippen molar-refractivity contribution < 1.29 is 4.42 Å². The van der Waals surface area contributed by atoms with Gasteiger partial charge in [-0.05, 0) is 31.5 Å². The molecule has 1 atom stereocenters. The largest absolute Gasteiger partial charge is 0.422 e. The first-order chi connectivity index (χ1) is 7.43. The first kappa shape index (κ1) is 8.85. The molecule has 0 bridgehead atoms. The monoisotopic (exact) mass is 203 g/mol. The summed E-state index contributed by atoms with van der Waals surface area (Å²) in [5, 5.41) is 3.36. The molecular weight excluding hydrogens is 190 g/mol. The van der Waals surface area contributed by atoms with E-state index >= 15 is 0 Å². The third-order valence-corrected chi connectivity index (χ3v) is 2.83. The van der Waals surface area contributed by atoms with Crippen LogP contribution in [0.2, 0.25) is 0 Å². The summed E-state index contributed by atoms with van der Waals surface area (Å²) in [7, 11) is 0. The Morgan fingerprint density at radius 3 is 3.27 bits per heavy atom. The normalized spacial score (nSPS) is 22.0. The van der Waals surface area contributed by atoms with Gasteiger partial charge in [0, 0.05) is 18.7 Å². The van der Waals surface area contributed by atoms with Gasteiger partial charge in [0.05, 0.1) is 0 Å². The highest BCUT2D eigenvalue weighted by Gasteiger charge is 2.20. The van der Waals surface area contributed by atoms with Gasteiger partial charge in [-0.2, -0.15) is 0 Å². The van der Waals surface area contributed by atoms with Crippen LogP contribution in [0.1, 0.15) is 24.7 Å². The first-order valence-corrected chi connectivity index (χ1v) is 5.35. The Morgan fingerprint density at radius 1 is 1.47 bits per heavy atom. The number of pyridine rings is 1. The summed E-state index contributed by atoms with van der Waals surface area (Å²) in [5.41, 5.74) is 1.51. The summed E-state index contributed by atoms with van der Waals surface area (Å²) < 4.78 is 5.65. The van der Waals surface area contributed by atoms with E-state index in [1.54, 1.807) is 6.20 Å². The molecule has 4 heteroatoms. The van der Waals surface area contributed by atoms with Crippen LogP contribution in [0.15, 0.2) is 22.7 Å². The highest BCUT2D eigenvalue weighted by atomic mass is 16.4. The highest BCUT2D eigenvalue weighted by Crippen LogP contribution is 2.24. The zero-order valence-electron chi connectivity index (χ0n) is 8.44. The van der Waals surface area contributed by atoms with Gasteiger partial charge in [0.15, 0.2) is 0 Å². The summed E-state index contributed by atoms with van der Waals surface area (Å²) in [5.74, 6) is 1.24. The molecule has 0 spiro atoms. The van der Waals surface area contributed by atoms with Gasteiger partial charge in [-0.1, -0.05) is 0 Å². The van der Waals surface area contributed by atoms with Gasteiger partial charge in [-0.3, -0.25) is 0 Å². The number of nitrogens with zero attached hydrogens (tertiary/aromatic N) is 2. The van der Waals surface area contributed by atoms with Gasteiger partial charge < -0.3 is 9.73 Å². The van der Waals surface area contributed by atoms with Crippen LogP contribution in [0.3, 0.4) is 0 Å². The van der Waals surface area contributed by atoms with E-state index in [4.69, 9.17) is 4.42 Å². The molecule has 0 aromatic carbocycles. The van der Waals surface area contributed by atoms with Crippen molar-refractivity contribution in [2.24, 2.45) is 0 Å². The Balaban J connectivity index is 1.96. The fourth-order valence-corrected chi connectivity index (χ4v) is 2.02. The molecule has 4 nitrogen and oxygen atoms in total. The molecule has 1 unspecified atom stereocenters. The van der Waals surface area contributed by atoms with Crippen LogP contribution in [-0.2, 0) is 0 Å². The van der Waals surface area contributed by atoms with Crippen LogP contribution in [-0.4, -0.2) is 23.1 Å². The summed E-state index contributed by atoms with van der Waals surface area (Å²) >= 11 is 0. The second kappa shape index (κ2) is 3.62. The number of rotatable bonds is 1. The maximum absolute atomic E-state index is 5.65. The lowest BCUT2D eigenvalue weighted by Crippen LogP contribution is -2.28. The molecule has 0 saturated carbocycles. The smallest absolute Gasteiger partial charge is 0.246 e. The molecule has 3 rings (SSSR count). The van der Waals surface area contributed by atoms with Gasteiger partial charge in [0.2, 0.25) is 11.6 Å². The average molecular weight is 203 g/mol. The molecule has 3 heterocycles. The summed E-state index contributed by atoms with van der Waals surface area (Å²) in [6.07, 6.45) is 4.08. The number of piperidine rings is 1. The predicted molar refractivity (Wildman–Crippen MR) is 56.6 cm³/mol.